The zero-order valence-electron chi connectivity index (χ0n) is 13.1. The molecule has 0 aromatic carbocycles. The molecule has 3 amide bonds. The Morgan fingerprint density at radius 3 is 2.96 bits per heavy atom. The molecule has 0 aliphatic carbocycles. The number of nitrogens with zero attached hydrogens (tertiary/aromatic N) is 2. The number of likely N-dealkylation sites (tertiary alicyclic amines) is 1. The number of likely N-dealkylation sites (N-methyl/N-ethyl adjacent to an activating group) is 1. The molecular weight excluding hydrogens is 302 g/mol. The highest BCUT2D eigenvalue weighted by Crippen LogP contribution is 2.39. The van der Waals surface area contributed by atoms with Crippen LogP contribution in [0.15, 0.2) is 22.8 Å². The summed E-state index contributed by atoms with van der Waals surface area (Å²) in [5.74, 6) is -0.380. The molecule has 1 aromatic heterocycles. The number of rotatable bonds is 4. The maximum absolute atomic E-state index is 12.9. The van der Waals surface area contributed by atoms with Crippen LogP contribution in [-0.4, -0.2) is 67.0 Å². The maximum atomic E-state index is 12.9. The second kappa shape index (κ2) is 5.69. The zero-order valence-corrected chi connectivity index (χ0v) is 13.1. The van der Waals surface area contributed by atoms with Gasteiger partial charge in [0.05, 0.1) is 25.7 Å². The number of nitrogens with one attached hydrogen (secondary N) is 1. The number of amides is 3. The smallest absolute Gasteiger partial charge is 0.325 e. The Bertz CT molecular complexity index is 629. The molecular formula is C15H19N3O5. The number of imide groups is 1. The molecule has 124 valence electrons. The summed E-state index contributed by atoms with van der Waals surface area (Å²) in [7, 11) is 3.16. The topological polar surface area (TPSA) is 92.1 Å². The van der Waals surface area contributed by atoms with E-state index in [-0.39, 0.29) is 24.8 Å². The van der Waals surface area contributed by atoms with Crippen molar-refractivity contribution < 1.29 is 23.5 Å². The minimum absolute atomic E-state index is 0.00762. The number of carbonyl (C=O) groups excluding carboxylic acids is 3. The van der Waals surface area contributed by atoms with Crippen LogP contribution in [-0.2, 0) is 14.3 Å². The fourth-order valence-corrected chi connectivity index (χ4v) is 3.39. The largest absolute Gasteiger partial charge is 0.469 e. The number of urea groups is 1. The van der Waals surface area contributed by atoms with E-state index in [1.54, 1.807) is 12.3 Å². The van der Waals surface area contributed by atoms with Crippen molar-refractivity contribution in [3.05, 3.63) is 24.2 Å². The third kappa shape index (κ3) is 2.48. The van der Waals surface area contributed by atoms with Crippen molar-refractivity contribution in [1.29, 1.82) is 0 Å². The summed E-state index contributed by atoms with van der Waals surface area (Å²) in [4.78, 5) is 39.5. The van der Waals surface area contributed by atoms with Crippen LogP contribution < -0.4 is 5.32 Å². The molecule has 1 N–H and O–H groups in total. The molecule has 0 unspecified atom stereocenters. The average Bonchev–Trinajstić information content (AvgIpc) is 3.19. The van der Waals surface area contributed by atoms with E-state index in [1.807, 2.05) is 18.0 Å². The number of methoxy groups -OCH3 is 1. The number of ether oxygens (including phenoxy) is 1. The van der Waals surface area contributed by atoms with Crippen LogP contribution in [0.5, 0.6) is 0 Å². The van der Waals surface area contributed by atoms with Crippen LogP contribution in [0.1, 0.15) is 18.1 Å². The van der Waals surface area contributed by atoms with Crippen LogP contribution in [0.2, 0.25) is 0 Å². The van der Waals surface area contributed by atoms with Gasteiger partial charge >= 0.3 is 12.0 Å². The molecule has 23 heavy (non-hydrogen) atoms. The Balaban J connectivity index is 1.85. The third-order valence-corrected chi connectivity index (χ3v) is 4.46. The second-order valence-electron chi connectivity index (χ2n) is 5.95. The van der Waals surface area contributed by atoms with Crippen molar-refractivity contribution in [2.24, 2.45) is 0 Å². The van der Waals surface area contributed by atoms with Gasteiger partial charge in [-0.25, -0.2) is 4.79 Å². The molecule has 2 atom stereocenters. The van der Waals surface area contributed by atoms with Crippen molar-refractivity contribution in [2.45, 2.75) is 17.9 Å². The molecule has 1 spiro atoms. The number of carbonyl (C=O) groups is 3. The van der Waals surface area contributed by atoms with E-state index in [9.17, 15) is 14.4 Å². The van der Waals surface area contributed by atoms with Gasteiger partial charge in [0.15, 0.2) is 0 Å². The molecule has 2 fully saturated rings. The fourth-order valence-electron chi connectivity index (χ4n) is 3.39. The van der Waals surface area contributed by atoms with Gasteiger partial charge in [0.2, 0.25) is 0 Å². The number of esters is 1. The first-order valence-corrected chi connectivity index (χ1v) is 7.41. The van der Waals surface area contributed by atoms with E-state index in [0.29, 0.717) is 18.8 Å². The Kier molecular flexibility index (Phi) is 3.85. The molecule has 3 rings (SSSR count). The third-order valence-electron chi connectivity index (χ3n) is 4.46. The molecule has 0 saturated carbocycles. The minimum Gasteiger partial charge on any atom is -0.469 e. The van der Waals surface area contributed by atoms with Crippen molar-refractivity contribution in [3.63, 3.8) is 0 Å². The second-order valence-corrected chi connectivity index (χ2v) is 5.95. The minimum atomic E-state index is -1.04. The van der Waals surface area contributed by atoms with Crippen molar-refractivity contribution in [2.75, 3.05) is 33.8 Å². The van der Waals surface area contributed by atoms with Crippen LogP contribution in [0.4, 0.5) is 4.79 Å². The summed E-state index contributed by atoms with van der Waals surface area (Å²) in [5, 5.41) is 2.82. The summed E-state index contributed by atoms with van der Waals surface area (Å²) >= 11 is 0. The molecule has 8 nitrogen and oxygen atoms in total. The van der Waals surface area contributed by atoms with E-state index >= 15 is 0 Å². The maximum Gasteiger partial charge on any atom is 0.325 e. The van der Waals surface area contributed by atoms with Crippen LogP contribution in [0, 0.1) is 0 Å². The SMILES string of the molecule is COC(=O)CCN1C(=O)N[C@]2(CN(C)C[C@@H]2c2ccco2)C1=O. The average molecular weight is 321 g/mol. The highest BCUT2D eigenvalue weighted by Gasteiger charge is 2.60. The van der Waals surface area contributed by atoms with Gasteiger partial charge in [0.25, 0.3) is 5.91 Å². The lowest BCUT2D eigenvalue weighted by molar-refractivity contribution is -0.141. The Labute approximate surface area is 133 Å². The van der Waals surface area contributed by atoms with E-state index in [0.717, 1.165) is 4.90 Å². The lowest BCUT2D eigenvalue weighted by Crippen LogP contribution is -2.52. The lowest BCUT2D eigenvalue weighted by atomic mass is 9.85. The number of furan rings is 1. The lowest BCUT2D eigenvalue weighted by Gasteiger charge is -2.26. The zero-order chi connectivity index (χ0) is 16.6. The van der Waals surface area contributed by atoms with Gasteiger partial charge in [-0.15, -0.1) is 0 Å². The predicted octanol–water partition coefficient (Wildman–Crippen LogP) is 0.162. The Morgan fingerprint density at radius 2 is 2.30 bits per heavy atom. The van der Waals surface area contributed by atoms with Gasteiger partial charge in [0.1, 0.15) is 11.3 Å². The highest BCUT2D eigenvalue weighted by atomic mass is 16.5. The van der Waals surface area contributed by atoms with Crippen molar-refractivity contribution >= 4 is 17.9 Å². The molecule has 8 heteroatoms. The molecule has 0 bridgehead atoms. The summed E-state index contributed by atoms with van der Waals surface area (Å²) < 4.78 is 10.0. The summed E-state index contributed by atoms with van der Waals surface area (Å²) in [5.41, 5.74) is -1.04. The van der Waals surface area contributed by atoms with Crippen LogP contribution in [0.3, 0.4) is 0 Å². The number of hydrogen-bond acceptors (Lipinski definition) is 6. The van der Waals surface area contributed by atoms with Gasteiger partial charge in [0, 0.05) is 19.6 Å². The summed E-state index contributed by atoms with van der Waals surface area (Å²) in [6.45, 7) is 1.01. The Morgan fingerprint density at radius 1 is 1.52 bits per heavy atom. The summed E-state index contributed by atoms with van der Waals surface area (Å²) in [6, 6.07) is 3.09. The van der Waals surface area contributed by atoms with Crippen LogP contribution in [0.25, 0.3) is 0 Å². The molecule has 2 aliphatic heterocycles. The molecule has 1 aromatic rings. The van der Waals surface area contributed by atoms with Crippen molar-refractivity contribution in [3.8, 4) is 0 Å². The molecule has 2 aliphatic rings. The molecule has 0 radical (unpaired) electrons. The standard InChI is InChI=1S/C15H19N3O5/c1-17-8-10(11-4-3-7-23-11)15(9-17)13(20)18(14(21)16-15)6-5-12(19)22-2/h3-4,7,10H,5-6,8-9H2,1-2H3,(H,16,21)/t10-,15+/m1/s1. The highest BCUT2D eigenvalue weighted by molar-refractivity contribution is 6.08. The van der Waals surface area contributed by atoms with E-state index in [1.165, 1.54) is 7.11 Å². The van der Waals surface area contributed by atoms with Gasteiger partial charge in [-0.05, 0) is 19.2 Å². The van der Waals surface area contributed by atoms with Crippen molar-refractivity contribution in [1.82, 2.24) is 15.1 Å². The Hall–Kier alpha value is -2.35. The predicted molar refractivity (Wildman–Crippen MR) is 78.6 cm³/mol. The fraction of sp³-hybridized carbons (Fsp3) is 0.533. The van der Waals surface area contributed by atoms with Gasteiger partial charge in [-0.3, -0.25) is 14.5 Å². The number of hydrogen-bond donors (Lipinski definition) is 1. The van der Waals surface area contributed by atoms with Gasteiger partial charge in [-0.1, -0.05) is 0 Å². The van der Waals surface area contributed by atoms with Crippen LogP contribution >= 0.6 is 0 Å². The quantitative estimate of drug-likeness (QED) is 0.627. The molecule has 3 heterocycles. The normalized spacial score (nSPS) is 27.7. The van der Waals surface area contributed by atoms with E-state index in [4.69, 9.17) is 4.42 Å². The molecule has 2 saturated heterocycles. The van der Waals surface area contributed by atoms with E-state index < -0.39 is 17.5 Å². The van der Waals surface area contributed by atoms with Gasteiger partial charge in [-0.2, -0.15) is 0 Å². The first-order chi connectivity index (χ1) is 11.0. The van der Waals surface area contributed by atoms with Gasteiger partial charge < -0.3 is 19.4 Å². The first-order valence-electron chi connectivity index (χ1n) is 7.41. The van der Waals surface area contributed by atoms with E-state index in [2.05, 4.69) is 10.1 Å². The monoisotopic (exact) mass is 321 g/mol. The summed E-state index contributed by atoms with van der Waals surface area (Å²) in [6.07, 6.45) is 1.53. The first kappa shape index (κ1) is 15.5.